The van der Waals surface area contributed by atoms with Gasteiger partial charge in [-0.2, -0.15) is 0 Å². The number of rotatable bonds is 5. The number of hydrogen-bond acceptors (Lipinski definition) is 4. The monoisotopic (exact) mass is 253 g/mol. The van der Waals surface area contributed by atoms with E-state index in [0.717, 1.165) is 12.5 Å². The number of carboxylic acid groups (broad SMARTS) is 1. The van der Waals surface area contributed by atoms with E-state index in [-0.39, 0.29) is 6.61 Å². The van der Waals surface area contributed by atoms with Gasteiger partial charge in [0.2, 0.25) is 0 Å². The summed E-state index contributed by atoms with van der Waals surface area (Å²) >= 11 is 0. The first-order chi connectivity index (χ1) is 8.42. The molecule has 0 spiro atoms. The molecule has 6 nitrogen and oxygen atoms in total. The number of nitrogens with one attached hydrogen (secondary N) is 1. The molecule has 6 heteroatoms. The molecule has 0 aliphatic heterocycles. The van der Waals surface area contributed by atoms with E-state index in [1.807, 2.05) is 18.2 Å². The summed E-state index contributed by atoms with van der Waals surface area (Å²) in [7, 11) is 0. The van der Waals surface area contributed by atoms with Crippen molar-refractivity contribution in [2.75, 3.05) is 6.54 Å². The van der Waals surface area contributed by atoms with Crippen molar-refractivity contribution >= 4 is 12.1 Å². The largest absolute Gasteiger partial charge is 0.479 e. The lowest BCUT2D eigenvalue weighted by Gasteiger charge is -2.18. The van der Waals surface area contributed by atoms with Crippen molar-refractivity contribution in [2.24, 2.45) is 0 Å². The summed E-state index contributed by atoms with van der Waals surface area (Å²) in [6, 6.07) is 9.05. The minimum Gasteiger partial charge on any atom is -0.479 e. The Hall–Kier alpha value is -2.08. The molecule has 3 N–H and O–H groups in total. The number of carboxylic acids is 1. The third-order valence-corrected chi connectivity index (χ3v) is 2.25. The van der Waals surface area contributed by atoms with E-state index in [0.29, 0.717) is 0 Å². The van der Waals surface area contributed by atoms with E-state index < -0.39 is 24.2 Å². The van der Waals surface area contributed by atoms with Crippen LogP contribution in [0.2, 0.25) is 0 Å². The van der Waals surface area contributed by atoms with Crippen LogP contribution in [0.1, 0.15) is 12.5 Å². The third-order valence-electron chi connectivity index (χ3n) is 2.25. The quantitative estimate of drug-likeness (QED) is 0.719. The van der Waals surface area contributed by atoms with Crippen LogP contribution in [-0.4, -0.2) is 34.4 Å². The second-order valence-electron chi connectivity index (χ2n) is 3.99. The van der Waals surface area contributed by atoms with Crippen molar-refractivity contribution in [2.45, 2.75) is 19.1 Å². The molecule has 1 amide bonds. The van der Waals surface area contributed by atoms with Gasteiger partial charge in [0, 0.05) is 0 Å². The van der Waals surface area contributed by atoms with Gasteiger partial charge in [-0.1, -0.05) is 30.3 Å². The predicted molar refractivity (Wildman–Crippen MR) is 62.9 cm³/mol. The van der Waals surface area contributed by atoms with Crippen LogP contribution in [0, 0.1) is 0 Å². The molecule has 0 saturated carbocycles. The lowest BCUT2D eigenvalue weighted by atomic mass is 10.1. The fourth-order valence-corrected chi connectivity index (χ4v) is 1.09. The minimum atomic E-state index is -2.01. The molecule has 1 aromatic rings. The smallest absolute Gasteiger partial charge is 0.407 e. The van der Waals surface area contributed by atoms with E-state index >= 15 is 0 Å². The van der Waals surface area contributed by atoms with Gasteiger partial charge in [-0.15, -0.1) is 0 Å². The highest BCUT2D eigenvalue weighted by atomic mass is 16.5. The van der Waals surface area contributed by atoms with Gasteiger partial charge in [0.15, 0.2) is 5.60 Å². The number of carbonyl (C=O) groups excluding carboxylic acids is 1. The van der Waals surface area contributed by atoms with E-state index in [1.54, 1.807) is 12.1 Å². The molecule has 98 valence electrons. The van der Waals surface area contributed by atoms with E-state index in [9.17, 15) is 14.7 Å². The average molecular weight is 253 g/mol. The number of hydrogen-bond donors (Lipinski definition) is 3. The Morgan fingerprint density at radius 3 is 2.50 bits per heavy atom. The van der Waals surface area contributed by atoms with Crippen molar-refractivity contribution in [1.82, 2.24) is 5.32 Å². The van der Waals surface area contributed by atoms with Crippen molar-refractivity contribution in [3.05, 3.63) is 35.9 Å². The summed E-state index contributed by atoms with van der Waals surface area (Å²) in [6.07, 6.45) is -0.777. The maximum atomic E-state index is 11.2. The minimum absolute atomic E-state index is 0.0852. The number of alkyl carbamates (subject to hydrolysis) is 1. The molecule has 1 rings (SSSR count). The summed E-state index contributed by atoms with van der Waals surface area (Å²) < 4.78 is 4.85. The van der Waals surface area contributed by atoms with Crippen LogP contribution in [0.5, 0.6) is 0 Å². The van der Waals surface area contributed by atoms with Crippen LogP contribution in [-0.2, 0) is 16.1 Å². The first-order valence-electron chi connectivity index (χ1n) is 5.32. The molecule has 0 radical (unpaired) electrons. The fraction of sp³-hybridized carbons (Fsp3) is 0.333. The summed E-state index contributed by atoms with van der Waals surface area (Å²) in [6.45, 7) is 0.755. The van der Waals surface area contributed by atoms with Crippen molar-refractivity contribution in [3.8, 4) is 0 Å². The van der Waals surface area contributed by atoms with Crippen LogP contribution in [0.25, 0.3) is 0 Å². The van der Waals surface area contributed by atoms with Crippen LogP contribution >= 0.6 is 0 Å². The molecule has 0 heterocycles. The normalized spacial score (nSPS) is 13.4. The van der Waals surface area contributed by atoms with Crippen LogP contribution in [0.15, 0.2) is 30.3 Å². The van der Waals surface area contributed by atoms with Gasteiger partial charge >= 0.3 is 12.1 Å². The molecule has 0 saturated heterocycles. The molecular formula is C12H15NO5. The average Bonchev–Trinajstić information content (AvgIpc) is 2.35. The Labute approximate surface area is 104 Å². The molecule has 0 aromatic heterocycles. The van der Waals surface area contributed by atoms with Gasteiger partial charge in [0.1, 0.15) is 6.61 Å². The lowest BCUT2D eigenvalue weighted by molar-refractivity contribution is -0.155. The summed E-state index contributed by atoms with van der Waals surface area (Å²) in [5, 5.41) is 20.2. The Morgan fingerprint density at radius 1 is 1.33 bits per heavy atom. The Bertz CT molecular complexity index is 416. The summed E-state index contributed by atoms with van der Waals surface area (Å²) in [5.74, 6) is -1.41. The van der Waals surface area contributed by atoms with E-state index in [2.05, 4.69) is 5.32 Å². The SMILES string of the molecule is CC(O)(CNC(=O)OCc1ccccc1)C(=O)O. The van der Waals surface area contributed by atoms with E-state index in [1.165, 1.54) is 0 Å². The topological polar surface area (TPSA) is 95.9 Å². The molecule has 0 aliphatic carbocycles. The lowest BCUT2D eigenvalue weighted by Crippen LogP contribution is -2.46. The Morgan fingerprint density at radius 2 is 1.94 bits per heavy atom. The number of amides is 1. The van der Waals surface area contributed by atoms with Gasteiger partial charge in [-0.05, 0) is 12.5 Å². The fourth-order valence-electron chi connectivity index (χ4n) is 1.09. The molecule has 0 aliphatic rings. The number of aliphatic hydroxyl groups is 1. The van der Waals surface area contributed by atoms with Crippen LogP contribution < -0.4 is 5.32 Å². The second-order valence-corrected chi connectivity index (χ2v) is 3.99. The summed E-state index contributed by atoms with van der Waals surface area (Å²) in [4.78, 5) is 21.8. The molecule has 18 heavy (non-hydrogen) atoms. The first kappa shape index (κ1) is 14.0. The maximum absolute atomic E-state index is 11.2. The van der Waals surface area contributed by atoms with Gasteiger partial charge < -0.3 is 20.3 Å². The van der Waals surface area contributed by atoms with Crippen LogP contribution in [0.3, 0.4) is 0 Å². The van der Waals surface area contributed by atoms with Gasteiger partial charge in [-0.3, -0.25) is 0 Å². The number of carbonyl (C=O) groups is 2. The van der Waals surface area contributed by atoms with Crippen molar-refractivity contribution < 1.29 is 24.5 Å². The zero-order valence-electron chi connectivity index (χ0n) is 9.92. The Kier molecular flexibility index (Phi) is 4.67. The highest BCUT2D eigenvalue weighted by Gasteiger charge is 2.30. The third kappa shape index (κ3) is 4.42. The van der Waals surface area contributed by atoms with E-state index in [4.69, 9.17) is 9.84 Å². The standard InChI is InChI=1S/C12H15NO5/c1-12(17,10(14)15)8-13-11(16)18-7-9-5-3-2-4-6-9/h2-6,17H,7-8H2,1H3,(H,13,16)(H,14,15). The zero-order valence-corrected chi connectivity index (χ0v) is 9.92. The number of benzene rings is 1. The highest BCUT2D eigenvalue weighted by Crippen LogP contribution is 2.03. The zero-order chi connectivity index (χ0) is 13.6. The van der Waals surface area contributed by atoms with Gasteiger partial charge in [0.25, 0.3) is 0 Å². The molecular weight excluding hydrogens is 238 g/mol. The highest BCUT2D eigenvalue weighted by molar-refractivity contribution is 5.78. The number of aliphatic carboxylic acids is 1. The molecule has 1 unspecified atom stereocenters. The second kappa shape index (κ2) is 6.02. The maximum Gasteiger partial charge on any atom is 0.407 e. The summed E-state index contributed by atoms with van der Waals surface area (Å²) in [5.41, 5.74) is -1.19. The first-order valence-corrected chi connectivity index (χ1v) is 5.32. The molecule has 0 fully saturated rings. The van der Waals surface area contributed by atoms with Gasteiger partial charge in [0.05, 0.1) is 6.54 Å². The predicted octanol–water partition coefficient (Wildman–Crippen LogP) is 0.748. The van der Waals surface area contributed by atoms with Crippen molar-refractivity contribution in [1.29, 1.82) is 0 Å². The van der Waals surface area contributed by atoms with Crippen LogP contribution in [0.4, 0.5) is 4.79 Å². The number of ether oxygens (including phenoxy) is 1. The van der Waals surface area contributed by atoms with Gasteiger partial charge in [-0.25, -0.2) is 9.59 Å². The molecule has 0 bridgehead atoms. The molecule has 1 aromatic carbocycles. The van der Waals surface area contributed by atoms with Crippen molar-refractivity contribution in [3.63, 3.8) is 0 Å². The molecule has 1 atom stereocenters. The Balaban J connectivity index is 2.33.